The van der Waals surface area contributed by atoms with Crippen LogP contribution in [0.2, 0.25) is 0 Å². The molecule has 2 N–H and O–H groups in total. The third-order valence-electron chi connectivity index (χ3n) is 4.52. The van der Waals surface area contributed by atoms with E-state index in [1.54, 1.807) is 23.8 Å². The fraction of sp³-hybridized carbons (Fsp3) is 0.300. The van der Waals surface area contributed by atoms with Crippen molar-refractivity contribution in [3.63, 3.8) is 0 Å². The van der Waals surface area contributed by atoms with Crippen LogP contribution in [0.4, 0.5) is 11.5 Å². The van der Waals surface area contributed by atoms with E-state index in [2.05, 4.69) is 30.0 Å². The predicted octanol–water partition coefficient (Wildman–Crippen LogP) is 3.31. The number of ether oxygens (including phenoxy) is 1. The zero-order chi connectivity index (χ0) is 22.3. The Bertz CT molecular complexity index is 1420. The number of aromatic nitrogens is 5. The molecule has 0 saturated heterocycles. The first-order chi connectivity index (χ1) is 14.6. The summed E-state index contributed by atoms with van der Waals surface area (Å²) >= 11 is 0. The summed E-state index contributed by atoms with van der Waals surface area (Å²) in [7, 11) is -2.58. The Kier molecular flexibility index (Phi) is 5.13. The second-order valence-corrected chi connectivity index (χ2v) is 10.3. The molecule has 0 spiro atoms. The van der Waals surface area contributed by atoms with E-state index >= 15 is 0 Å². The van der Waals surface area contributed by atoms with Gasteiger partial charge in [-0.05, 0) is 32.4 Å². The van der Waals surface area contributed by atoms with Gasteiger partial charge in [0.25, 0.3) is 5.91 Å². The van der Waals surface area contributed by atoms with Crippen LogP contribution >= 0.6 is 0 Å². The maximum Gasteiger partial charge on any atom is 0.286 e. The Hall–Kier alpha value is -3.47. The van der Waals surface area contributed by atoms with Gasteiger partial charge in [0.2, 0.25) is 0 Å². The van der Waals surface area contributed by atoms with Crippen molar-refractivity contribution in [3.05, 3.63) is 42.0 Å². The van der Waals surface area contributed by atoms with Gasteiger partial charge in [0.1, 0.15) is 17.6 Å². The van der Waals surface area contributed by atoms with Gasteiger partial charge in [0, 0.05) is 39.9 Å². The number of amides is 1. The molecule has 0 fully saturated rings. The van der Waals surface area contributed by atoms with Crippen molar-refractivity contribution in [3.8, 4) is 5.75 Å². The van der Waals surface area contributed by atoms with Crippen LogP contribution in [0.1, 0.15) is 29.8 Å². The molecule has 0 radical (unpaired) electrons. The van der Waals surface area contributed by atoms with E-state index in [0.717, 1.165) is 10.9 Å². The number of carbonyl (C=O) groups excluding carboxylic acids is 1. The summed E-state index contributed by atoms with van der Waals surface area (Å²) in [6.45, 7) is 5.67. The van der Waals surface area contributed by atoms with Crippen LogP contribution in [-0.4, -0.2) is 53.5 Å². The zero-order valence-corrected chi connectivity index (χ0v) is 18.6. The van der Waals surface area contributed by atoms with Gasteiger partial charge in [0.15, 0.2) is 5.82 Å². The molecule has 4 rings (SSSR count). The molecule has 0 saturated carbocycles. The van der Waals surface area contributed by atoms with Crippen molar-refractivity contribution >= 4 is 43.6 Å². The minimum atomic E-state index is -2.58. The number of rotatable bonds is 5. The van der Waals surface area contributed by atoms with Gasteiger partial charge in [0.05, 0.1) is 29.1 Å². The van der Waals surface area contributed by atoms with Crippen LogP contribution in [0.3, 0.4) is 0 Å². The Morgan fingerprint density at radius 1 is 1.32 bits per heavy atom. The number of nitrogens with one attached hydrogen (secondary N) is 2. The van der Waals surface area contributed by atoms with E-state index in [9.17, 15) is 9.00 Å². The Labute approximate surface area is 179 Å². The van der Waals surface area contributed by atoms with E-state index in [0.29, 0.717) is 33.9 Å². The van der Waals surface area contributed by atoms with Gasteiger partial charge in [-0.1, -0.05) is 0 Å². The van der Waals surface area contributed by atoms with Crippen molar-refractivity contribution in [1.29, 1.82) is 0 Å². The summed E-state index contributed by atoms with van der Waals surface area (Å²) < 4.78 is 23.3. The second-order valence-electron chi connectivity index (χ2n) is 7.74. The molecule has 0 atom stereocenters. The van der Waals surface area contributed by atoms with Crippen LogP contribution in [0.25, 0.3) is 16.4 Å². The maximum absolute atomic E-state index is 12.6. The molecule has 10 nitrogen and oxygen atoms in total. The Morgan fingerprint density at radius 2 is 2.10 bits per heavy atom. The monoisotopic (exact) mass is 441 g/mol. The predicted molar refractivity (Wildman–Crippen MR) is 120 cm³/mol. The van der Waals surface area contributed by atoms with E-state index in [-0.39, 0.29) is 6.10 Å². The van der Waals surface area contributed by atoms with Gasteiger partial charge >= 0.3 is 0 Å². The first-order valence-electron chi connectivity index (χ1n) is 9.57. The molecule has 1 amide bonds. The number of anilines is 2. The lowest BCUT2D eigenvalue weighted by Crippen LogP contribution is -2.08. The average molecular weight is 442 g/mol. The smallest absolute Gasteiger partial charge is 0.286 e. The summed E-state index contributed by atoms with van der Waals surface area (Å²) in [5.74, 6) is 0.583. The van der Waals surface area contributed by atoms with Crippen molar-refractivity contribution < 1.29 is 13.7 Å². The molecule has 3 heterocycles. The SMILES string of the molecule is Cc1c(C(=O)N=S(C)(C)=O)cn2ncnc(Nc3cc4cn[nH]c4cc3OC(C)C)c12. The third-order valence-corrected chi connectivity index (χ3v) is 5.12. The second kappa shape index (κ2) is 7.65. The number of fused-ring (bicyclic) bond motifs is 2. The van der Waals surface area contributed by atoms with Crippen molar-refractivity contribution in [2.45, 2.75) is 26.9 Å². The molecule has 1 aromatic carbocycles. The summed E-state index contributed by atoms with van der Waals surface area (Å²) in [5.41, 5.74) is 3.12. The molecule has 3 aromatic heterocycles. The van der Waals surface area contributed by atoms with Crippen LogP contribution in [0.5, 0.6) is 5.75 Å². The minimum absolute atomic E-state index is 0.0369. The van der Waals surface area contributed by atoms with Crippen LogP contribution in [-0.2, 0) is 9.73 Å². The van der Waals surface area contributed by atoms with E-state index in [1.165, 1.54) is 18.8 Å². The van der Waals surface area contributed by atoms with Gasteiger partial charge in [-0.25, -0.2) is 13.7 Å². The summed E-state index contributed by atoms with van der Waals surface area (Å²) in [4.78, 5) is 16.9. The van der Waals surface area contributed by atoms with E-state index < -0.39 is 15.6 Å². The highest BCUT2D eigenvalue weighted by Crippen LogP contribution is 2.34. The highest BCUT2D eigenvalue weighted by Gasteiger charge is 2.19. The standard InChI is InChI=1S/C20H23N7O3S/c1-11(2)30-17-7-15-13(8-22-25-15)6-16(17)24-19-18-12(3)14(9-27(18)23-10-21-19)20(28)26-31(4,5)29/h6-11H,1-5H3,(H,22,25)(H,21,23,24). The summed E-state index contributed by atoms with van der Waals surface area (Å²) in [5, 5.41) is 15.4. The quantitative estimate of drug-likeness (QED) is 0.486. The van der Waals surface area contributed by atoms with Gasteiger partial charge < -0.3 is 10.1 Å². The number of hydrogen-bond donors (Lipinski definition) is 2. The number of nitrogens with zero attached hydrogens (tertiary/aromatic N) is 5. The molecular formula is C20H23N7O3S. The molecule has 0 unspecified atom stereocenters. The number of benzene rings is 1. The molecule has 0 aliphatic rings. The molecule has 0 aliphatic carbocycles. The highest BCUT2D eigenvalue weighted by molar-refractivity contribution is 7.92. The first kappa shape index (κ1) is 20.8. The lowest BCUT2D eigenvalue weighted by molar-refractivity contribution is 0.100. The molecule has 0 aliphatic heterocycles. The van der Waals surface area contributed by atoms with E-state index in [1.807, 2.05) is 26.0 Å². The number of aryl methyl sites for hydroxylation is 1. The first-order valence-corrected chi connectivity index (χ1v) is 11.9. The van der Waals surface area contributed by atoms with Crippen molar-refractivity contribution in [1.82, 2.24) is 24.8 Å². The lowest BCUT2D eigenvalue weighted by atomic mass is 10.2. The highest BCUT2D eigenvalue weighted by atomic mass is 32.2. The zero-order valence-electron chi connectivity index (χ0n) is 17.8. The van der Waals surface area contributed by atoms with Gasteiger partial charge in [-0.3, -0.25) is 9.89 Å². The molecular weight excluding hydrogens is 418 g/mol. The lowest BCUT2D eigenvalue weighted by Gasteiger charge is -2.16. The molecule has 162 valence electrons. The minimum Gasteiger partial charge on any atom is -0.489 e. The topological polar surface area (TPSA) is 127 Å². The largest absolute Gasteiger partial charge is 0.489 e. The van der Waals surface area contributed by atoms with Crippen molar-refractivity contribution in [2.24, 2.45) is 4.36 Å². The van der Waals surface area contributed by atoms with Gasteiger partial charge in [-0.15, -0.1) is 0 Å². The fourth-order valence-electron chi connectivity index (χ4n) is 3.26. The number of carbonyl (C=O) groups is 1. The molecule has 11 heteroatoms. The maximum atomic E-state index is 12.6. The number of hydrogen-bond acceptors (Lipinski definition) is 7. The molecule has 4 aromatic rings. The Balaban J connectivity index is 1.83. The number of aromatic amines is 1. The molecule has 0 bridgehead atoms. The summed E-state index contributed by atoms with van der Waals surface area (Å²) in [6, 6.07) is 3.79. The van der Waals surface area contributed by atoms with Crippen LogP contribution < -0.4 is 10.1 Å². The third kappa shape index (κ3) is 4.22. The normalized spacial score (nSPS) is 11.9. The van der Waals surface area contributed by atoms with Crippen molar-refractivity contribution in [2.75, 3.05) is 17.8 Å². The average Bonchev–Trinajstić information content (AvgIpc) is 3.24. The number of H-pyrrole nitrogens is 1. The fourth-order valence-corrected chi connectivity index (χ4v) is 3.76. The van der Waals surface area contributed by atoms with E-state index in [4.69, 9.17) is 4.74 Å². The summed E-state index contributed by atoms with van der Waals surface area (Å²) in [6.07, 6.45) is 7.49. The van der Waals surface area contributed by atoms with Crippen LogP contribution in [0.15, 0.2) is 35.2 Å². The van der Waals surface area contributed by atoms with Crippen LogP contribution in [0, 0.1) is 6.92 Å². The van der Waals surface area contributed by atoms with Gasteiger partial charge in [-0.2, -0.15) is 14.6 Å². The Morgan fingerprint density at radius 3 is 2.81 bits per heavy atom. The molecule has 31 heavy (non-hydrogen) atoms.